The van der Waals surface area contributed by atoms with E-state index in [2.05, 4.69) is 10.6 Å². The first kappa shape index (κ1) is 13.4. The van der Waals surface area contributed by atoms with Gasteiger partial charge in [-0.1, -0.05) is 19.1 Å². The van der Waals surface area contributed by atoms with Crippen molar-refractivity contribution in [3.8, 4) is 0 Å². The molecular weight excluding hydrogens is 214 g/mol. The number of nitrogens with one attached hydrogen (secondary N) is 2. The average Bonchev–Trinajstić information content (AvgIpc) is 2.31. The number of nitrogen functional groups attached to an aromatic ring is 1. The highest BCUT2D eigenvalue weighted by Crippen LogP contribution is 2.16. The van der Waals surface area contributed by atoms with E-state index in [1.165, 1.54) is 0 Å². The van der Waals surface area contributed by atoms with Crippen LogP contribution in [0.25, 0.3) is 0 Å². The van der Waals surface area contributed by atoms with E-state index in [0.29, 0.717) is 18.7 Å². The summed E-state index contributed by atoms with van der Waals surface area (Å²) >= 11 is 0. The molecule has 0 aliphatic rings. The number of rotatable bonds is 6. The van der Waals surface area contributed by atoms with Crippen LogP contribution in [0.15, 0.2) is 24.3 Å². The molecule has 0 fully saturated rings. The fourth-order valence-electron chi connectivity index (χ4n) is 1.42. The molecule has 4 N–H and O–H groups in total. The topological polar surface area (TPSA) is 67.2 Å². The highest BCUT2D eigenvalue weighted by Gasteiger charge is 2.05. The fraction of sp³-hybridized carbons (Fsp3) is 0.462. The molecule has 0 saturated heterocycles. The van der Waals surface area contributed by atoms with Crippen molar-refractivity contribution in [1.29, 1.82) is 0 Å². The Morgan fingerprint density at radius 3 is 2.76 bits per heavy atom. The summed E-state index contributed by atoms with van der Waals surface area (Å²) in [6, 6.07) is 7.78. The molecule has 0 aliphatic carbocycles. The molecule has 0 aromatic heterocycles. The van der Waals surface area contributed by atoms with Crippen LogP contribution in [0.2, 0.25) is 0 Å². The number of nitrogens with two attached hydrogens (primary N) is 1. The van der Waals surface area contributed by atoms with E-state index < -0.39 is 0 Å². The van der Waals surface area contributed by atoms with Gasteiger partial charge in [-0.05, 0) is 25.5 Å². The van der Waals surface area contributed by atoms with Crippen LogP contribution in [0.1, 0.15) is 26.7 Å². The molecule has 1 amide bonds. The first-order valence-corrected chi connectivity index (χ1v) is 6.01. The highest BCUT2D eigenvalue weighted by atomic mass is 16.1. The molecule has 0 saturated carbocycles. The van der Waals surface area contributed by atoms with Crippen LogP contribution < -0.4 is 16.4 Å². The molecule has 0 aliphatic heterocycles. The molecule has 1 rings (SSSR count). The number of hydrogen-bond acceptors (Lipinski definition) is 3. The molecular formula is C13H21N3O. The lowest BCUT2D eigenvalue weighted by atomic mass is 10.2. The minimum atomic E-state index is 0.0707. The molecule has 1 unspecified atom stereocenters. The standard InChI is InChI=1S/C13H21N3O/c1-3-10(2)16-13(17)8-9-15-12-7-5-4-6-11(12)14/h4-7,10,15H,3,8-9,14H2,1-2H3,(H,16,17). The van der Waals surface area contributed by atoms with Crippen molar-refractivity contribution in [1.82, 2.24) is 5.32 Å². The Morgan fingerprint density at radius 1 is 1.41 bits per heavy atom. The minimum Gasteiger partial charge on any atom is -0.397 e. The third-order valence-corrected chi connectivity index (χ3v) is 2.65. The van der Waals surface area contributed by atoms with E-state index in [4.69, 9.17) is 5.73 Å². The van der Waals surface area contributed by atoms with Gasteiger partial charge in [0.15, 0.2) is 0 Å². The highest BCUT2D eigenvalue weighted by molar-refractivity contribution is 5.77. The Bertz CT molecular complexity index is 365. The summed E-state index contributed by atoms with van der Waals surface area (Å²) in [6.07, 6.45) is 1.41. The summed E-state index contributed by atoms with van der Waals surface area (Å²) in [5, 5.41) is 6.07. The minimum absolute atomic E-state index is 0.0707. The van der Waals surface area contributed by atoms with Gasteiger partial charge in [-0.15, -0.1) is 0 Å². The Balaban J connectivity index is 2.29. The maximum Gasteiger partial charge on any atom is 0.221 e. The Labute approximate surface area is 103 Å². The lowest BCUT2D eigenvalue weighted by Crippen LogP contribution is -2.32. The van der Waals surface area contributed by atoms with Gasteiger partial charge in [0.1, 0.15) is 0 Å². The largest absolute Gasteiger partial charge is 0.397 e. The van der Waals surface area contributed by atoms with Gasteiger partial charge in [-0.2, -0.15) is 0 Å². The summed E-state index contributed by atoms with van der Waals surface area (Å²) < 4.78 is 0. The second-order valence-corrected chi connectivity index (χ2v) is 4.14. The SMILES string of the molecule is CCC(C)NC(=O)CCNc1ccccc1N. The van der Waals surface area contributed by atoms with Crippen LogP contribution in [0.5, 0.6) is 0 Å². The van der Waals surface area contributed by atoms with Crippen molar-refractivity contribution in [2.75, 3.05) is 17.6 Å². The number of benzene rings is 1. The number of amides is 1. The molecule has 94 valence electrons. The van der Waals surface area contributed by atoms with E-state index in [1.54, 1.807) is 0 Å². The smallest absolute Gasteiger partial charge is 0.221 e. The maximum absolute atomic E-state index is 11.5. The zero-order chi connectivity index (χ0) is 12.7. The molecule has 0 spiro atoms. The summed E-state index contributed by atoms with van der Waals surface area (Å²) in [5.41, 5.74) is 7.36. The summed E-state index contributed by atoms with van der Waals surface area (Å²) in [7, 11) is 0. The monoisotopic (exact) mass is 235 g/mol. The lowest BCUT2D eigenvalue weighted by molar-refractivity contribution is -0.121. The van der Waals surface area contributed by atoms with Gasteiger partial charge in [0, 0.05) is 19.0 Å². The van der Waals surface area contributed by atoms with E-state index in [0.717, 1.165) is 12.1 Å². The van der Waals surface area contributed by atoms with E-state index in [-0.39, 0.29) is 11.9 Å². The molecule has 0 radical (unpaired) electrons. The van der Waals surface area contributed by atoms with Crippen molar-refractivity contribution in [2.45, 2.75) is 32.7 Å². The van der Waals surface area contributed by atoms with Gasteiger partial charge < -0.3 is 16.4 Å². The van der Waals surface area contributed by atoms with Gasteiger partial charge in [0.05, 0.1) is 11.4 Å². The van der Waals surface area contributed by atoms with Crippen molar-refractivity contribution in [3.05, 3.63) is 24.3 Å². The normalized spacial score (nSPS) is 11.9. The summed E-state index contributed by atoms with van der Waals surface area (Å²) in [4.78, 5) is 11.5. The molecule has 17 heavy (non-hydrogen) atoms. The van der Waals surface area contributed by atoms with Gasteiger partial charge >= 0.3 is 0 Å². The molecule has 1 atom stereocenters. The third-order valence-electron chi connectivity index (χ3n) is 2.65. The van der Waals surface area contributed by atoms with Gasteiger partial charge in [0.2, 0.25) is 5.91 Å². The van der Waals surface area contributed by atoms with Crippen molar-refractivity contribution in [2.24, 2.45) is 0 Å². The maximum atomic E-state index is 11.5. The second-order valence-electron chi connectivity index (χ2n) is 4.14. The fourth-order valence-corrected chi connectivity index (χ4v) is 1.42. The van der Waals surface area contributed by atoms with Gasteiger partial charge in [-0.3, -0.25) is 4.79 Å². The summed E-state index contributed by atoms with van der Waals surface area (Å²) in [6.45, 7) is 4.64. The molecule has 4 heteroatoms. The zero-order valence-corrected chi connectivity index (χ0v) is 10.5. The van der Waals surface area contributed by atoms with E-state index in [1.807, 2.05) is 38.1 Å². The van der Waals surface area contributed by atoms with Crippen LogP contribution in [0, 0.1) is 0 Å². The van der Waals surface area contributed by atoms with E-state index >= 15 is 0 Å². The average molecular weight is 235 g/mol. The third kappa shape index (κ3) is 4.76. The van der Waals surface area contributed by atoms with Crippen molar-refractivity contribution < 1.29 is 4.79 Å². The second kappa shape index (κ2) is 6.78. The Hall–Kier alpha value is -1.71. The van der Waals surface area contributed by atoms with Crippen molar-refractivity contribution >= 4 is 17.3 Å². The lowest BCUT2D eigenvalue weighted by Gasteiger charge is -2.12. The zero-order valence-electron chi connectivity index (χ0n) is 10.5. The predicted octanol–water partition coefficient (Wildman–Crippen LogP) is 1.99. The molecule has 0 heterocycles. The Morgan fingerprint density at radius 2 is 2.12 bits per heavy atom. The summed E-state index contributed by atoms with van der Waals surface area (Å²) in [5.74, 6) is 0.0707. The van der Waals surface area contributed by atoms with Crippen LogP contribution in [0.3, 0.4) is 0 Å². The number of carbonyl (C=O) groups excluding carboxylic acids is 1. The van der Waals surface area contributed by atoms with Gasteiger partial charge in [-0.25, -0.2) is 0 Å². The number of hydrogen-bond donors (Lipinski definition) is 3. The van der Waals surface area contributed by atoms with E-state index in [9.17, 15) is 4.79 Å². The quantitative estimate of drug-likeness (QED) is 0.660. The first-order valence-electron chi connectivity index (χ1n) is 6.01. The van der Waals surface area contributed by atoms with Crippen LogP contribution >= 0.6 is 0 Å². The predicted molar refractivity (Wildman–Crippen MR) is 71.9 cm³/mol. The first-order chi connectivity index (χ1) is 8.13. The van der Waals surface area contributed by atoms with Crippen LogP contribution in [0.4, 0.5) is 11.4 Å². The number of para-hydroxylation sites is 2. The molecule has 0 bridgehead atoms. The molecule has 4 nitrogen and oxygen atoms in total. The number of carbonyl (C=O) groups is 1. The van der Waals surface area contributed by atoms with Crippen LogP contribution in [-0.2, 0) is 4.79 Å². The Kier molecular flexibility index (Phi) is 5.33. The van der Waals surface area contributed by atoms with Crippen LogP contribution in [-0.4, -0.2) is 18.5 Å². The van der Waals surface area contributed by atoms with Gasteiger partial charge in [0.25, 0.3) is 0 Å². The molecule has 1 aromatic rings. The number of anilines is 2. The molecule has 1 aromatic carbocycles. The van der Waals surface area contributed by atoms with Crippen molar-refractivity contribution in [3.63, 3.8) is 0 Å².